The number of rotatable bonds is 6. The first-order valence-electron chi connectivity index (χ1n) is 8.56. The van der Waals surface area contributed by atoms with Gasteiger partial charge in [0.05, 0.1) is 5.56 Å². The van der Waals surface area contributed by atoms with Crippen LogP contribution >= 0.6 is 0 Å². The van der Waals surface area contributed by atoms with Crippen LogP contribution in [0.2, 0.25) is 0 Å². The number of hydrogen-bond donors (Lipinski definition) is 1. The molecule has 1 atom stereocenters. The number of hydrogen-bond acceptors (Lipinski definition) is 3. The van der Waals surface area contributed by atoms with E-state index in [1.54, 1.807) is 24.0 Å². The Morgan fingerprint density at radius 2 is 1.93 bits per heavy atom. The smallest absolute Gasteiger partial charge is 0.416 e. The van der Waals surface area contributed by atoms with Crippen LogP contribution in [0, 0.1) is 5.82 Å². The van der Waals surface area contributed by atoms with E-state index in [2.05, 4.69) is 10.3 Å². The van der Waals surface area contributed by atoms with E-state index in [0.717, 1.165) is 12.1 Å². The monoisotopic (exact) mass is 407 g/mol. The molecular weight excluding hydrogens is 390 g/mol. The summed E-state index contributed by atoms with van der Waals surface area (Å²) >= 11 is 0. The number of alkyl halides is 3. The van der Waals surface area contributed by atoms with Gasteiger partial charge in [-0.2, -0.15) is 13.2 Å². The molecule has 1 N–H and O–H groups in total. The Bertz CT molecular complexity index is 984. The summed E-state index contributed by atoms with van der Waals surface area (Å²) in [6, 6.07) is 9.14. The molecule has 1 unspecified atom stereocenters. The van der Waals surface area contributed by atoms with Crippen molar-refractivity contribution in [3.05, 3.63) is 83.7 Å². The molecule has 0 saturated heterocycles. The number of aryl methyl sites for hydroxylation is 1. The quantitative estimate of drug-likeness (QED) is 0.632. The summed E-state index contributed by atoms with van der Waals surface area (Å²) in [6.45, 7) is -0.497. The molecule has 1 amide bonds. The van der Waals surface area contributed by atoms with E-state index in [0.29, 0.717) is 11.4 Å². The fourth-order valence-electron chi connectivity index (χ4n) is 2.72. The number of carbonyl (C=O) groups excluding carboxylic acids is 1. The molecule has 0 spiro atoms. The second kappa shape index (κ2) is 8.34. The number of benzene rings is 2. The standard InChI is InChI=1S/C20H17F4N3O2/c1-27-10-9-25-19(27)18(13-5-7-15(21)8-6-13)26-17(28)12-29-16-4-2-3-14(11-16)20(22,23)24/h2-11,18H,12H2,1H3,(H,26,28). The Balaban J connectivity index is 1.72. The van der Waals surface area contributed by atoms with Crippen LogP contribution in [0.4, 0.5) is 17.6 Å². The van der Waals surface area contributed by atoms with Crippen LogP contribution < -0.4 is 10.1 Å². The SMILES string of the molecule is Cn1ccnc1C(NC(=O)COc1cccc(C(F)(F)F)c1)c1ccc(F)cc1. The van der Waals surface area contributed by atoms with Gasteiger partial charge in [0, 0.05) is 19.4 Å². The number of ether oxygens (including phenoxy) is 1. The summed E-state index contributed by atoms with van der Waals surface area (Å²) < 4.78 is 58.5. The minimum absolute atomic E-state index is 0.0784. The molecule has 0 radical (unpaired) electrons. The van der Waals surface area contributed by atoms with Crippen LogP contribution in [-0.2, 0) is 18.0 Å². The Hall–Kier alpha value is -3.36. The molecule has 0 saturated carbocycles. The van der Waals surface area contributed by atoms with Crippen molar-refractivity contribution in [2.45, 2.75) is 12.2 Å². The summed E-state index contributed by atoms with van der Waals surface area (Å²) in [6.07, 6.45) is -1.26. The van der Waals surface area contributed by atoms with E-state index < -0.39 is 36.1 Å². The third-order valence-electron chi connectivity index (χ3n) is 4.16. The minimum atomic E-state index is -4.51. The molecule has 0 aliphatic rings. The topological polar surface area (TPSA) is 56.2 Å². The zero-order valence-corrected chi connectivity index (χ0v) is 15.3. The predicted molar refractivity (Wildman–Crippen MR) is 96.5 cm³/mol. The van der Waals surface area contributed by atoms with Gasteiger partial charge < -0.3 is 14.6 Å². The number of carbonyl (C=O) groups is 1. The summed E-state index contributed by atoms with van der Waals surface area (Å²) in [7, 11) is 1.74. The molecule has 1 heterocycles. The van der Waals surface area contributed by atoms with Crippen LogP contribution in [0.1, 0.15) is 23.0 Å². The molecule has 3 aromatic rings. The second-order valence-corrected chi connectivity index (χ2v) is 6.26. The molecular formula is C20H17F4N3O2. The second-order valence-electron chi connectivity index (χ2n) is 6.26. The van der Waals surface area contributed by atoms with Crippen molar-refractivity contribution >= 4 is 5.91 Å². The Morgan fingerprint density at radius 1 is 1.21 bits per heavy atom. The molecule has 5 nitrogen and oxygen atoms in total. The lowest BCUT2D eigenvalue weighted by atomic mass is 10.1. The number of nitrogens with one attached hydrogen (secondary N) is 1. The third-order valence-corrected chi connectivity index (χ3v) is 4.16. The lowest BCUT2D eigenvalue weighted by Crippen LogP contribution is -2.34. The Kier molecular flexibility index (Phi) is 5.86. The highest BCUT2D eigenvalue weighted by atomic mass is 19.4. The molecule has 0 aliphatic carbocycles. The number of nitrogens with zero attached hydrogens (tertiary/aromatic N) is 2. The van der Waals surface area contributed by atoms with E-state index >= 15 is 0 Å². The van der Waals surface area contributed by atoms with E-state index in [1.165, 1.54) is 36.4 Å². The first kappa shape index (κ1) is 20.4. The molecule has 0 aliphatic heterocycles. The van der Waals surface area contributed by atoms with Gasteiger partial charge in [0.25, 0.3) is 5.91 Å². The van der Waals surface area contributed by atoms with Gasteiger partial charge >= 0.3 is 6.18 Å². The van der Waals surface area contributed by atoms with Crippen LogP contribution in [0.25, 0.3) is 0 Å². The Morgan fingerprint density at radius 3 is 2.55 bits per heavy atom. The van der Waals surface area contributed by atoms with Gasteiger partial charge in [-0.3, -0.25) is 4.79 Å². The molecule has 9 heteroatoms. The highest BCUT2D eigenvalue weighted by Gasteiger charge is 2.30. The van der Waals surface area contributed by atoms with E-state index in [1.807, 2.05) is 0 Å². The average Bonchev–Trinajstić information content (AvgIpc) is 3.10. The van der Waals surface area contributed by atoms with Crippen molar-refractivity contribution in [3.8, 4) is 5.75 Å². The highest BCUT2D eigenvalue weighted by Crippen LogP contribution is 2.31. The summed E-state index contributed by atoms with van der Waals surface area (Å²) in [5.41, 5.74) is -0.277. The van der Waals surface area contributed by atoms with Gasteiger partial charge in [-0.25, -0.2) is 9.37 Å². The van der Waals surface area contributed by atoms with Gasteiger partial charge in [0.2, 0.25) is 0 Å². The maximum atomic E-state index is 13.3. The van der Waals surface area contributed by atoms with Crippen molar-refractivity contribution < 1.29 is 27.1 Å². The fraction of sp³-hybridized carbons (Fsp3) is 0.200. The predicted octanol–water partition coefficient (Wildman–Crippen LogP) is 3.86. The lowest BCUT2D eigenvalue weighted by molar-refractivity contribution is -0.137. The third kappa shape index (κ3) is 5.13. The van der Waals surface area contributed by atoms with Crippen molar-refractivity contribution in [2.24, 2.45) is 7.05 Å². The zero-order valence-electron chi connectivity index (χ0n) is 15.3. The average molecular weight is 407 g/mol. The number of aromatic nitrogens is 2. The summed E-state index contributed by atoms with van der Waals surface area (Å²) in [5, 5.41) is 2.72. The first-order chi connectivity index (χ1) is 13.7. The highest BCUT2D eigenvalue weighted by molar-refractivity contribution is 5.78. The molecule has 0 fully saturated rings. The lowest BCUT2D eigenvalue weighted by Gasteiger charge is -2.19. The van der Waals surface area contributed by atoms with Gasteiger partial charge in [-0.05, 0) is 35.9 Å². The summed E-state index contributed by atoms with van der Waals surface area (Å²) in [5.74, 6) is -0.569. The maximum Gasteiger partial charge on any atom is 0.416 e. The van der Waals surface area contributed by atoms with E-state index in [-0.39, 0.29) is 5.75 Å². The van der Waals surface area contributed by atoms with Crippen molar-refractivity contribution in [1.29, 1.82) is 0 Å². The van der Waals surface area contributed by atoms with Gasteiger partial charge in [-0.1, -0.05) is 18.2 Å². The molecule has 152 valence electrons. The van der Waals surface area contributed by atoms with E-state index in [9.17, 15) is 22.4 Å². The number of imidazole rings is 1. The van der Waals surface area contributed by atoms with Crippen LogP contribution in [-0.4, -0.2) is 22.1 Å². The normalized spacial score (nSPS) is 12.4. The molecule has 0 bridgehead atoms. The van der Waals surface area contributed by atoms with Crippen LogP contribution in [0.5, 0.6) is 5.75 Å². The minimum Gasteiger partial charge on any atom is -0.484 e. The first-order valence-corrected chi connectivity index (χ1v) is 8.56. The van der Waals surface area contributed by atoms with Crippen molar-refractivity contribution in [2.75, 3.05) is 6.61 Å². The van der Waals surface area contributed by atoms with E-state index in [4.69, 9.17) is 4.74 Å². The fourth-order valence-corrected chi connectivity index (χ4v) is 2.72. The number of amides is 1. The summed E-state index contributed by atoms with van der Waals surface area (Å²) in [4.78, 5) is 16.6. The van der Waals surface area contributed by atoms with Crippen molar-refractivity contribution in [1.82, 2.24) is 14.9 Å². The molecule has 3 rings (SSSR count). The van der Waals surface area contributed by atoms with Gasteiger partial charge in [0.15, 0.2) is 6.61 Å². The van der Waals surface area contributed by atoms with Gasteiger partial charge in [0.1, 0.15) is 23.4 Å². The van der Waals surface area contributed by atoms with Crippen LogP contribution in [0.15, 0.2) is 60.9 Å². The van der Waals surface area contributed by atoms with Gasteiger partial charge in [-0.15, -0.1) is 0 Å². The van der Waals surface area contributed by atoms with Crippen molar-refractivity contribution in [3.63, 3.8) is 0 Å². The largest absolute Gasteiger partial charge is 0.484 e. The Labute approximate surface area is 163 Å². The molecule has 2 aromatic carbocycles. The zero-order chi connectivity index (χ0) is 21.0. The molecule has 1 aromatic heterocycles. The molecule has 29 heavy (non-hydrogen) atoms. The number of halogens is 4. The van der Waals surface area contributed by atoms with Crippen LogP contribution in [0.3, 0.4) is 0 Å². The maximum absolute atomic E-state index is 13.3.